The Morgan fingerprint density at radius 1 is 0.556 bits per heavy atom. The fourth-order valence-electron chi connectivity index (χ4n) is 3.77. The number of H-pyrrole nitrogens is 1. The first-order valence-corrected chi connectivity index (χ1v) is 8.99. The minimum absolute atomic E-state index is 0.230. The van der Waals surface area contributed by atoms with Crippen molar-refractivity contribution in [2.24, 2.45) is 0 Å². The van der Waals surface area contributed by atoms with Crippen molar-refractivity contribution in [2.75, 3.05) is 0 Å². The molecule has 0 saturated heterocycles. The highest BCUT2D eigenvalue weighted by Crippen LogP contribution is 2.37. The third-order valence-electron chi connectivity index (χ3n) is 5.05. The first-order chi connectivity index (χ1) is 13.3. The van der Waals surface area contributed by atoms with Crippen molar-refractivity contribution in [1.29, 1.82) is 0 Å². The lowest BCUT2D eigenvalue weighted by atomic mass is 9.92. The molecule has 0 aliphatic carbocycles. The van der Waals surface area contributed by atoms with E-state index in [0.717, 1.165) is 22.4 Å². The number of benzene rings is 4. The summed E-state index contributed by atoms with van der Waals surface area (Å²) in [5, 5.41) is 4.79. The van der Waals surface area contributed by atoms with Crippen LogP contribution in [0.2, 0.25) is 0 Å². The Labute approximate surface area is 156 Å². The molecule has 0 spiro atoms. The lowest BCUT2D eigenvalue weighted by Crippen LogP contribution is -2.09. The second kappa shape index (κ2) is 6.33. The summed E-state index contributed by atoms with van der Waals surface area (Å²) in [4.78, 5) is 3.48. The van der Waals surface area contributed by atoms with E-state index in [2.05, 4.69) is 59.7 Å². The van der Waals surface area contributed by atoms with Crippen molar-refractivity contribution in [3.8, 4) is 22.4 Å². The number of halogens is 1. The molecule has 4 aromatic carbocycles. The molecule has 0 radical (unpaired) electrons. The van der Waals surface area contributed by atoms with Crippen LogP contribution < -0.4 is 4.98 Å². The van der Waals surface area contributed by atoms with E-state index in [1.165, 1.54) is 33.7 Å². The topological polar surface area (TPSA) is 14.1 Å². The highest BCUT2D eigenvalue weighted by atomic mass is 19.1. The van der Waals surface area contributed by atoms with Gasteiger partial charge in [0.15, 0.2) is 6.20 Å². The van der Waals surface area contributed by atoms with Gasteiger partial charge in [0.1, 0.15) is 5.82 Å². The van der Waals surface area contributed by atoms with Crippen LogP contribution >= 0.6 is 0 Å². The predicted molar refractivity (Wildman–Crippen MR) is 109 cm³/mol. The molecule has 5 aromatic rings. The molecule has 1 N–H and O–H groups in total. The number of fused-ring (bicyclic) bond motifs is 3. The average Bonchev–Trinajstić information content (AvgIpc) is 2.74. The molecule has 1 aromatic heterocycles. The number of pyridine rings is 1. The number of aromatic amines is 1. The molecule has 0 aliphatic rings. The van der Waals surface area contributed by atoms with Crippen molar-refractivity contribution < 1.29 is 9.37 Å². The molecular formula is C25H17FN+. The number of aromatic nitrogens is 1. The predicted octanol–water partition coefficient (Wildman–Crippen LogP) is 6.28. The van der Waals surface area contributed by atoms with Gasteiger partial charge in [0.05, 0.1) is 10.9 Å². The summed E-state index contributed by atoms with van der Waals surface area (Å²) in [5.41, 5.74) is 4.22. The molecule has 0 atom stereocenters. The first kappa shape index (κ1) is 15.7. The minimum Gasteiger partial charge on any atom is -0.210 e. The van der Waals surface area contributed by atoms with Gasteiger partial charge in [-0.2, -0.15) is 0 Å². The summed E-state index contributed by atoms with van der Waals surface area (Å²) in [5.74, 6) is -0.230. The van der Waals surface area contributed by atoms with Gasteiger partial charge in [-0.25, -0.2) is 9.37 Å². The van der Waals surface area contributed by atoms with E-state index in [1.54, 1.807) is 0 Å². The van der Waals surface area contributed by atoms with Crippen molar-refractivity contribution in [3.05, 3.63) is 103 Å². The van der Waals surface area contributed by atoms with Crippen LogP contribution in [0.15, 0.2) is 97.2 Å². The average molecular weight is 350 g/mol. The van der Waals surface area contributed by atoms with Gasteiger partial charge in [0, 0.05) is 10.9 Å². The largest absolute Gasteiger partial charge is 0.219 e. The van der Waals surface area contributed by atoms with Gasteiger partial charge in [-0.15, -0.1) is 0 Å². The second-order valence-corrected chi connectivity index (χ2v) is 6.66. The van der Waals surface area contributed by atoms with Crippen LogP contribution in [0.4, 0.5) is 4.39 Å². The quantitative estimate of drug-likeness (QED) is 0.333. The number of rotatable bonds is 2. The van der Waals surface area contributed by atoms with Crippen molar-refractivity contribution in [2.45, 2.75) is 0 Å². The minimum atomic E-state index is -0.230. The summed E-state index contributed by atoms with van der Waals surface area (Å²) in [6, 6.07) is 29.7. The molecule has 1 heterocycles. The second-order valence-electron chi connectivity index (χ2n) is 6.66. The number of hydrogen-bond donors (Lipinski definition) is 0. The zero-order valence-electron chi connectivity index (χ0n) is 14.6. The molecule has 27 heavy (non-hydrogen) atoms. The molecule has 0 aliphatic heterocycles. The van der Waals surface area contributed by atoms with Gasteiger partial charge < -0.3 is 0 Å². The van der Waals surface area contributed by atoms with Gasteiger partial charge in [-0.1, -0.05) is 66.7 Å². The Bertz CT molecular complexity index is 1260. The standard InChI is InChI=1S/C25H16FN/c26-20-13-10-19(11-14-20)25-24(18-7-2-1-3-8-18)22-15-12-17-6-4-5-9-21(17)23(22)16-27-25/h1-16H/p+1. The molecule has 5 rings (SSSR count). The van der Waals surface area contributed by atoms with Crippen molar-refractivity contribution in [1.82, 2.24) is 0 Å². The zero-order valence-corrected chi connectivity index (χ0v) is 14.6. The fourth-order valence-corrected chi connectivity index (χ4v) is 3.77. The van der Waals surface area contributed by atoms with Gasteiger partial charge >= 0.3 is 0 Å². The maximum atomic E-state index is 13.4. The molecule has 0 unspecified atom stereocenters. The molecule has 2 heteroatoms. The summed E-state index contributed by atoms with van der Waals surface area (Å²) < 4.78 is 13.4. The summed E-state index contributed by atoms with van der Waals surface area (Å²) in [6.07, 6.45) is 2.06. The number of hydrogen-bond acceptors (Lipinski definition) is 0. The van der Waals surface area contributed by atoms with Gasteiger partial charge in [-0.05, 0) is 40.6 Å². The van der Waals surface area contributed by atoms with E-state index >= 15 is 0 Å². The molecule has 128 valence electrons. The lowest BCUT2D eigenvalue weighted by molar-refractivity contribution is -0.361. The van der Waals surface area contributed by atoms with Crippen LogP contribution in [0.25, 0.3) is 43.9 Å². The molecular weight excluding hydrogens is 333 g/mol. The summed E-state index contributed by atoms with van der Waals surface area (Å²) in [6.45, 7) is 0. The van der Waals surface area contributed by atoms with E-state index in [9.17, 15) is 4.39 Å². The molecule has 1 nitrogen and oxygen atoms in total. The fraction of sp³-hybridized carbons (Fsp3) is 0. The monoisotopic (exact) mass is 350 g/mol. The third kappa shape index (κ3) is 2.67. The molecule has 0 amide bonds. The van der Waals surface area contributed by atoms with Crippen LogP contribution in [0.1, 0.15) is 0 Å². The highest BCUT2D eigenvalue weighted by molar-refractivity contribution is 6.13. The summed E-state index contributed by atoms with van der Waals surface area (Å²) in [7, 11) is 0. The Balaban J connectivity index is 1.90. The van der Waals surface area contributed by atoms with Crippen molar-refractivity contribution >= 4 is 21.5 Å². The van der Waals surface area contributed by atoms with E-state index in [0.29, 0.717) is 0 Å². The maximum absolute atomic E-state index is 13.4. The van der Waals surface area contributed by atoms with Gasteiger partial charge in [0.25, 0.3) is 0 Å². The Morgan fingerprint density at radius 3 is 2.11 bits per heavy atom. The van der Waals surface area contributed by atoms with Crippen LogP contribution in [-0.2, 0) is 0 Å². The molecule has 0 fully saturated rings. The SMILES string of the molecule is Fc1ccc(-c2[nH+]cc3c(ccc4ccccc43)c2-c2ccccc2)cc1. The highest BCUT2D eigenvalue weighted by Gasteiger charge is 2.19. The van der Waals surface area contributed by atoms with Crippen LogP contribution in [0.3, 0.4) is 0 Å². The van der Waals surface area contributed by atoms with Crippen LogP contribution in [0, 0.1) is 5.82 Å². The van der Waals surface area contributed by atoms with E-state index in [4.69, 9.17) is 0 Å². The third-order valence-corrected chi connectivity index (χ3v) is 5.05. The number of nitrogens with one attached hydrogen (secondary N) is 1. The Morgan fingerprint density at radius 2 is 1.30 bits per heavy atom. The molecule has 0 saturated carbocycles. The van der Waals surface area contributed by atoms with Crippen LogP contribution in [0.5, 0.6) is 0 Å². The summed E-state index contributed by atoms with van der Waals surface area (Å²) >= 11 is 0. The Hall–Kier alpha value is -3.52. The smallest absolute Gasteiger partial charge is 0.210 e. The first-order valence-electron chi connectivity index (χ1n) is 8.99. The van der Waals surface area contributed by atoms with Gasteiger partial charge in [0.2, 0.25) is 5.69 Å². The van der Waals surface area contributed by atoms with E-state index in [-0.39, 0.29) is 5.82 Å². The van der Waals surface area contributed by atoms with Gasteiger partial charge in [-0.3, -0.25) is 0 Å². The maximum Gasteiger partial charge on any atom is 0.219 e. The molecule has 0 bridgehead atoms. The van der Waals surface area contributed by atoms with E-state index < -0.39 is 0 Å². The Kier molecular flexibility index (Phi) is 3.68. The zero-order chi connectivity index (χ0) is 18.2. The normalized spacial score (nSPS) is 11.1. The lowest BCUT2D eigenvalue weighted by Gasteiger charge is -2.10. The van der Waals surface area contributed by atoms with E-state index in [1.807, 2.05) is 30.3 Å². The van der Waals surface area contributed by atoms with Crippen LogP contribution in [-0.4, -0.2) is 0 Å². The van der Waals surface area contributed by atoms with Crippen molar-refractivity contribution in [3.63, 3.8) is 0 Å².